The number of hydrogen-bond acceptors (Lipinski definition) is 2. The average Bonchev–Trinajstić information content (AvgIpc) is 3.00. The van der Waals surface area contributed by atoms with Crippen molar-refractivity contribution in [3.63, 3.8) is 0 Å². The smallest absolute Gasteiger partial charge is 0.247 e. The van der Waals surface area contributed by atoms with Gasteiger partial charge in [0.2, 0.25) is 5.91 Å². The normalized spacial score (nSPS) is 12.2. The molecule has 0 saturated carbocycles. The Morgan fingerprint density at radius 2 is 1.96 bits per heavy atom. The number of fused-ring (bicyclic) bond motifs is 1. The van der Waals surface area contributed by atoms with Gasteiger partial charge in [-0.2, -0.15) is 0 Å². The lowest BCUT2D eigenvalue weighted by molar-refractivity contribution is -0.118. The number of amides is 1. The van der Waals surface area contributed by atoms with Crippen LogP contribution in [0.5, 0.6) is 5.75 Å². The summed E-state index contributed by atoms with van der Waals surface area (Å²) < 4.78 is 7.13. The summed E-state index contributed by atoms with van der Waals surface area (Å²) in [5.74, 6) is 0.607. The van der Waals surface area contributed by atoms with Gasteiger partial charge in [0.15, 0.2) is 0 Å². The molecule has 0 aliphatic heterocycles. The van der Waals surface area contributed by atoms with Crippen molar-refractivity contribution < 1.29 is 9.53 Å². The number of ether oxygens (including phenoxy) is 1. The molecule has 4 nitrogen and oxygen atoms in total. The van der Waals surface area contributed by atoms with Crippen molar-refractivity contribution >= 4 is 45.7 Å². The zero-order valence-electron chi connectivity index (χ0n) is 13.2. The summed E-state index contributed by atoms with van der Waals surface area (Å²) in [5, 5.41) is 4.80. The van der Waals surface area contributed by atoms with E-state index in [9.17, 15) is 4.79 Å². The highest BCUT2D eigenvalue weighted by molar-refractivity contribution is 6.35. The van der Waals surface area contributed by atoms with Gasteiger partial charge in [-0.1, -0.05) is 23.2 Å². The van der Waals surface area contributed by atoms with Crippen molar-refractivity contribution in [1.29, 1.82) is 0 Å². The molecule has 2 aromatic carbocycles. The lowest BCUT2D eigenvalue weighted by atomic mass is 10.2. The second-order valence-corrected chi connectivity index (χ2v) is 6.28. The second kappa shape index (κ2) is 6.75. The summed E-state index contributed by atoms with van der Waals surface area (Å²) in [6.45, 7) is 1.83. The summed E-state index contributed by atoms with van der Waals surface area (Å²) in [7, 11) is 1.63. The monoisotopic (exact) mass is 362 g/mol. The van der Waals surface area contributed by atoms with Crippen LogP contribution >= 0.6 is 23.2 Å². The van der Waals surface area contributed by atoms with Crippen LogP contribution in [0.2, 0.25) is 10.0 Å². The fraction of sp³-hybridized carbons (Fsp3) is 0.167. The van der Waals surface area contributed by atoms with Crippen LogP contribution in [0.3, 0.4) is 0 Å². The van der Waals surface area contributed by atoms with Crippen molar-refractivity contribution in [3.05, 3.63) is 58.7 Å². The lowest BCUT2D eigenvalue weighted by Gasteiger charge is -2.16. The predicted molar refractivity (Wildman–Crippen MR) is 98.3 cm³/mol. The topological polar surface area (TPSA) is 43.3 Å². The van der Waals surface area contributed by atoms with E-state index in [0.29, 0.717) is 15.7 Å². The first kappa shape index (κ1) is 16.7. The fourth-order valence-electron chi connectivity index (χ4n) is 2.56. The Hall–Kier alpha value is -2.17. The molecule has 6 heteroatoms. The van der Waals surface area contributed by atoms with Crippen LogP contribution in [0.25, 0.3) is 10.9 Å². The molecule has 1 aromatic heterocycles. The molecule has 0 aliphatic rings. The summed E-state index contributed by atoms with van der Waals surface area (Å²) in [5.41, 5.74) is 1.45. The molecule has 0 radical (unpaired) electrons. The Kier molecular flexibility index (Phi) is 4.69. The molecular formula is C18H16Cl2N2O2. The summed E-state index contributed by atoms with van der Waals surface area (Å²) in [6, 6.07) is 12.2. The van der Waals surface area contributed by atoms with Crippen LogP contribution < -0.4 is 10.1 Å². The molecule has 1 unspecified atom stereocenters. The number of nitrogens with one attached hydrogen (secondary N) is 1. The van der Waals surface area contributed by atoms with Gasteiger partial charge in [0.1, 0.15) is 11.8 Å². The molecule has 1 amide bonds. The SMILES string of the molecule is COc1ccc2c(ccn2C(C)C(=O)Nc2cc(Cl)ccc2Cl)c1. The van der Waals surface area contributed by atoms with Gasteiger partial charge < -0.3 is 14.6 Å². The molecule has 124 valence electrons. The van der Waals surface area contributed by atoms with Gasteiger partial charge in [0.25, 0.3) is 0 Å². The highest BCUT2D eigenvalue weighted by atomic mass is 35.5. The standard InChI is InChI=1S/C18H16Cl2N2O2/c1-11(18(23)21-16-10-13(19)3-5-15(16)20)22-8-7-12-9-14(24-2)4-6-17(12)22/h3-11H,1-2H3,(H,21,23). The van der Waals surface area contributed by atoms with E-state index in [1.54, 1.807) is 25.3 Å². The first-order chi connectivity index (χ1) is 11.5. The van der Waals surface area contributed by atoms with E-state index >= 15 is 0 Å². The molecule has 1 heterocycles. The Labute approximate surface area is 149 Å². The minimum Gasteiger partial charge on any atom is -0.497 e. The number of carbonyl (C=O) groups excluding carboxylic acids is 1. The van der Waals surface area contributed by atoms with Crippen LogP contribution in [0.1, 0.15) is 13.0 Å². The molecule has 0 fully saturated rings. The van der Waals surface area contributed by atoms with Crippen molar-refractivity contribution in [1.82, 2.24) is 4.57 Å². The summed E-state index contributed by atoms with van der Waals surface area (Å²) >= 11 is 12.1. The minimum absolute atomic E-state index is 0.174. The van der Waals surface area contributed by atoms with Gasteiger partial charge in [0.05, 0.1) is 17.8 Å². The van der Waals surface area contributed by atoms with Crippen LogP contribution in [-0.2, 0) is 4.79 Å². The summed E-state index contributed by atoms with van der Waals surface area (Å²) in [6.07, 6.45) is 1.88. The molecule has 0 aliphatic carbocycles. The summed E-state index contributed by atoms with van der Waals surface area (Å²) in [4.78, 5) is 12.6. The van der Waals surface area contributed by atoms with E-state index in [4.69, 9.17) is 27.9 Å². The number of halogens is 2. The Morgan fingerprint density at radius 1 is 1.17 bits per heavy atom. The average molecular weight is 363 g/mol. The number of methoxy groups -OCH3 is 1. The number of anilines is 1. The Balaban J connectivity index is 1.87. The van der Waals surface area contributed by atoms with E-state index in [-0.39, 0.29) is 5.91 Å². The maximum absolute atomic E-state index is 12.6. The number of hydrogen-bond donors (Lipinski definition) is 1. The van der Waals surface area contributed by atoms with Gasteiger partial charge in [-0.3, -0.25) is 4.79 Å². The third-order valence-electron chi connectivity index (χ3n) is 3.91. The molecule has 1 atom stereocenters. The zero-order valence-corrected chi connectivity index (χ0v) is 14.7. The van der Waals surface area contributed by atoms with Crippen molar-refractivity contribution in [2.24, 2.45) is 0 Å². The number of carbonyl (C=O) groups is 1. The largest absolute Gasteiger partial charge is 0.497 e. The van der Waals surface area contributed by atoms with Gasteiger partial charge in [0, 0.05) is 22.1 Å². The Bertz CT molecular complexity index is 905. The lowest BCUT2D eigenvalue weighted by Crippen LogP contribution is -2.23. The fourth-order valence-corrected chi connectivity index (χ4v) is 2.90. The van der Waals surface area contributed by atoms with Crippen molar-refractivity contribution in [2.45, 2.75) is 13.0 Å². The predicted octanol–water partition coefficient (Wildman–Crippen LogP) is 5.16. The van der Waals surface area contributed by atoms with E-state index in [2.05, 4.69) is 5.32 Å². The molecule has 1 N–H and O–H groups in total. The second-order valence-electron chi connectivity index (χ2n) is 5.44. The van der Waals surface area contributed by atoms with E-state index in [1.165, 1.54) is 0 Å². The van der Waals surface area contributed by atoms with Gasteiger partial charge in [-0.15, -0.1) is 0 Å². The van der Waals surface area contributed by atoms with Crippen LogP contribution in [0.15, 0.2) is 48.7 Å². The molecule has 3 aromatic rings. The number of aromatic nitrogens is 1. The number of benzene rings is 2. The Morgan fingerprint density at radius 3 is 2.71 bits per heavy atom. The molecular weight excluding hydrogens is 347 g/mol. The molecule has 0 spiro atoms. The number of nitrogens with zero attached hydrogens (tertiary/aromatic N) is 1. The van der Waals surface area contributed by atoms with E-state index in [1.807, 2.05) is 42.0 Å². The first-order valence-corrected chi connectivity index (χ1v) is 8.15. The molecule has 3 rings (SSSR count). The van der Waals surface area contributed by atoms with Gasteiger partial charge in [-0.25, -0.2) is 0 Å². The molecule has 0 saturated heterocycles. The third-order valence-corrected chi connectivity index (χ3v) is 4.48. The van der Waals surface area contributed by atoms with Crippen LogP contribution in [0.4, 0.5) is 5.69 Å². The third kappa shape index (κ3) is 3.21. The zero-order chi connectivity index (χ0) is 17.3. The number of rotatable bonds is 4. The van der Waals surface area contributed by atoms with E-state index < -0.39 is 6.04 Å². The maximum atomic E-state index is 12.6. The van der Waals surface area contributed by atoms with Crippen molar-refractivity contribution in [2.75, 3.05) is 12.4 Å². The highest BCUT2D eigenvalue weighted by Crippen LogP contribution is 2.28. The molecule has 0 bridgehead atoms. The maximum Gasteiger partial charge on any atom is 0.247 e. The van der Waals surface area contributed by atoms with Crippen LogP contribution in [-0.4, -0.2) is 17.6 Å². The quantitative estimate of drug-likeness (QED) is 0.696. The minimum atomic E-state index is -0.411. The van der Waals surface area contributed by atoms with Gasteiger partial charge in [-0.05, 0) is 49.4 Å². The first-order valence-electron chi connectivity index (χ1n) is 7.40. The highest BCUT2D eigenvalue weighted by Gasteiger charge is 2.18. The van der Waals surface area contributed by atoms with Crippen molar-refractivity contribution in [3.8, 4) is 5.75 Å². The molecule has 24 heavy (non-hydrogen) atoms. The van der Waals surface area contributed by atoms with E-state index in [0.717, 1.165) is 16.7 Å². The van der Waals surface area contributed by atoms with Crippen LogP contribution in [0, 0.1) is 0 Å². The van der Waals surface area contributed by atoms with Gasteiger partial charge >= 0.3 is 0 Å².